The van der Waals surface area contributed by atoms with Gasteiger partial charge < -0.3 is 9.64 Å². The Bertz CT molecular complexity index is 1250. The Hall–Kier alpha value is -3.32. The average Bonchev–Trinajstić information content (AvgIpc) is 3.21. The van der Waals surface area contributed by atoms with Gasteiger partial charge in [-0.25, -0.2) is 4.39 Å². The molecular formula is C25H24FN3O2S. The zero-order chi connectivity index (χ0) is 22.7. The monoisotopic (exact) mass is 449 g/mol. The Morgan fingerprint density at radius 1 is 1.12 bits per heavy atom. The number of thiophene rings is 1. The van der Waals surface area contributed by atoms with Crippen molar-refractivity contribution in [3.05, 3.63) is 71.8 Å². The molecule has 1 aromatic carbocycles. The molecule has 0 aliphatic heterocycles. The zero-order valence-electron chi connectivity index (χ0n) is 18.3. The van der Waals surface area contributed by atoms with Gasteiger partial charge in [0.25, 0.3) is 0 Å². The summed E-state index contributed by atoms with van der Waals surface area (Å²) in [5.74, 6) is 0.403. The normalized spacial score (nSPS) is 11.0. The molecule has 0 unspecified atom stereocenters. The third-order valence-electron chi connectivity index (χ3n) is 5.07. The summed E-state index contributed by atoms with van der Waals surface area (Å²) in [6.45, 7) is 6.75. The van der Waals surface area contributed by atoms with Gasteiger partial charge >= 0.3 is 0 Å². The largest absolute Gasteiger partial charge is 0.453 e. The molecule has 3 heterocycles. The lowest BCUT2D eigenvalue weighted by Crippen LogP contribution is -2.28. The van der Waals surface area contributed by atoms with Crippen LogP contribution in [0.2, 0.25) is 0 Å². The van der Waals surface area contributed by atoms with Gasteiger partial charge in [0.2, 0.25) is 5.91 Å². The number of pyridine rings is 2. The summed E-state index contributed by atoms with van der Waals surface area (Å²) >= 11 is 1.50. The molecule has 0 aliphatic carbocycles. The molecule has 0 bridgehead atoms. The summed E-state index contributed by atoms with van der Waals surface area (Å²) in [5, 5.41) is 0. The van der Waals surface area contributed by atoms with Crippen molar-refractivity contribution in [1.29, 1.82) is 0 Å². The van der Waals surface area contributed by atoms with Crippen LogP contribution in [0.1, 0.15) is 31.4 Å². The molecule has 4 aromatic rings. The van der Waals surface area contributed by atoms with Crippen LogP contribution in [0.25, 0.3) is 20.8 Å². The number of halogens is 1. The third kappa shape index (κ3) is 4.78. The van der Waals surface area contributed by atoms with Crippen molar-refractivity contribution in [3.63, 3.8) is 0 Å². The van der Waals surface area contributed by atoms with E-state index in [1.54, 1.807) is 31.5 Å². The number of carbonyl (C=O) groups excluding carboxylic acids is 1. The summed E-state index contributed by atoms with van der Waals surface area (Å²) < 4.78 is 21.0. The molecule has 0 N–H and O–H groups in total. The quantitative estimate of drug-likeness (QED) is 0.330. The van der Waals surface area contributed by atoms with Gasteiger partial charge in [-0.15, -0.1) is 11.3 Å². The minimum absolute atomic E-state index is 0.0593. The van der Waals surface area contributed by atoms with Crippen LogP contribution in [0.4, 0.5) is 4.39 Å². The number of carbonyl (C=O) groups is 1. The number of aromatic nitrogens is 2. The number of nitrogens with zero attached hydrogens (tertiary/aromatic N) is 3. The summed E-state index contributed by atoms with van der Waals surface area (Å²) in [6.07, 6.45) is 4.37. The molecule has 4 rings (SSSR count). The standard InChI is InChI=1S/C25H24FN3O2S/c1-4-11-29(17(3)30)15-18-6-7-20(28-14-18)24-13-21-25(32-24)23(9-10-27-21)31-22-8-5-16(2)12-19(22)26/h5-10,12-14H,4,11,15H2,1-3H3. The predicted molar refractivity (Wildman–Crippen MR) is 125 cm³/mol. The maximum absolute atomic E-state index is 14.3. The van der Waals surface area contributed by atoms with E-state index in [0.717, 1.165) is 44.9 Å². The fraction of sp³-hybridized carbons (Fsp3) is 0.240. The first kappa shape index (κ1) is 21.9. The van der Waals surface area contributed by atoms with E-state index in [-0.39, 0.29) is 11.7 Å². The number of benzene rings is 1. The van der Waals surface area contributed by atoms with Crippen molar-refractivity contribution in [2.24, 2.45) is 0 Å². The molecule has 32 heavy (non-hydrogen) atoms. The topological polar surface area (TPSA) is 55.3 Å². The van der Waals surface area contributed by atoms with E-state index in [4.69, 9.17) is 4.74 Å². The molecular weight excluding hydrogens is 425 g/mol. The Labute approximate surface area is 190 Å². The molecule has 5 nitrogen and oxygen atoms in total. The molecule has 7 heteroatoms. The van der Waals surface area contributed by atoms with Gasteiger partial charge in [-0.05, 0) is 48.7 Å². The van der Waals surface area contributed by atoms with Gasteiger partial charge in [0, 0.05) is 38.5 Å². The Kier molecular flexibility index (Phi) is 6.46. The zero-order valence-corrected chi connectivity index (χ0v) is 19.1. The lowest BCUT2D eigenvalue weighted by Gasteiger charge is -2.20. The molecule has 0 radical (unpaired) electrons. The van der Waals surface area contributed by atoms with Crippen molar-refractivity contribution >= 4 is 27.5 Å². The lowest BCUT2D eigenvalue weighted by atomic mass is 10.2. The second-order valence-electron chi connectivity index (χ2n) is 7.66. The van der Waals surface area contributed by atoms with Gasteiger partial charge in [0.05, 0.1) is 20.8 Å². The highest BCUT2D eigenvalue weighted by Gasteiger charge is 2.14. The molecule has 0 saturated carbocycles. The maximum atomic E-state index is 14.3. The van der Waals surface area contributed by atoms with Gasteiger partial charge in [0.1, 0.15) is 5.75 Å². The number of aryl methyl sites for hydroxylation is 1. The van der Waals surface area contributed by atoms with Crippen LogP contribution in [0.15, 0.2) is 54.9 Å². The van der Waals surface area contributed by atoms with E-state index < -0.39 is 5.82 Å². The molecule has 3 aromatic heterocycles. The first-order chi connectivity index (χ1) is 15.4. The number of amides is 1. The number of hydrogen-bond acceptors (Lipinski definition) is 5. The predicted octanol–water partition coefficient (Wildman–Crippen LogP) is 6.36. The first-order valence-corrected chi connectivity index (χ1v) is 11.3. The number of hydrogen-bond donors (Lipinski definition) is 0. The number of ether oxygens (including phenoxy) is 1. The minimum atomic E-state index is -0.397. The number of fused-ring (bicyclic) bond motifs is 1. The summed E-state index contributed by atoms with van der Waals surface area (Å²) in [6, 6.07) is 12.5. The highest BCUT2D eigenvalue weighted by atomic mass is 32.1. The van der Waals surface area contributed by atoms with Gasteiger partial charge in [-0.3, -0.25) is 14.8 Å². The maximum Gasteiger partial charge on any atom is 0.219 e. The van der Waals surface area contributed by atoms with Crippen molar-refractivity contribution in [2.75, 3.05) is 6.54 Å². The van der Waals surface area contributed by atoms with Crippen LogP contribution in [0.3, 0.4) is 0 Å². The summed E-state index contributed by atoms with van der Waals surface area (Å²) in [5.41, 5.74) is 3.40. The van der Waals surface area contributed by atoms with Crippen LogP contribution in [0.5, 0.6) is 11.5 Å². The lowest BCUT2D eigenvalue weighted by molar-refractivity contribution is -0.129. The minimum Gasteiger partial charge on any atom is -0.453 e. The first-order valence-electron chi connectivity index (χ1n) is 10.5. The number of rotatable bonds is 7. The molecule has 0 aliphatic rings. The van der Waals surface area contributed by atoms with Crippen molar-refractivity contribution in [1.82, 2.24) is 14.9 Å². The Morgan fingerprint density at radius 2 is 1.97 bits per heavy atom. The second kappa shape index (κ2) is 9.44. The van der Waals surface area contributed by atoms with Crippen LogP contribution in [0, 0.1) is 12.7 Å². The average molecular weight is 450 g/mol. The molecule has 0 saturated heterocycles. The Morgan fingerprint density at radius 3 is 2.66 bits per heavy atom. The van der Waals surface area contributed by atoms with Gasteiger partial charge in [-0.2, -0.15) is 0 Å². The van der Waals surface area contributed by atoms with E-state index in [1.165, 1.54) is 17.4 Å². The second-order valence-corrected chi connectivity index (χ2v) is 8.71. The van der Waals surface area contributed by atoms with Crippen molar-refractivity contribution in [2.45, 2.75) is 33.7 Å². The van der Waals surface area contributed by atoms with E-state index >= 15 is 0 Å². The van der Waals surface area contributed by atoms with Crippen molar-refractivity contribution < 1.29 is 13.9 Å². The van der Waals surface area contributed by atoms with E-state index in [2.05, 4.69) is 16.9 Å². The van der Waals surface area contributed by atoms with Gasteiger partial charge in [-0.1, -0.05) is 19.1 Å². The molecule has 1 amide bonds. The van der Waals surface area contributed by atoms with E-state index in [1.807, 2.05) is 36.1 Å². The van der Waals surface area contributed by atoms with Crippen LogP contribution in [-0.2, 0) is 11.3 Å². The SMILES string of the molecule is CCCN(Cc1ccc(-c2cc3nccc(Oc4ccc(C)cc4F)c3s2)nc1)C(C)=O. The van der Waals surface area contributed by atoms with E-state index in [0.29, 0.717) is 12.3 Å². The van der Waals surface area contributed by atoms with Crippen LogP contribution >= 0.6 is 11.3 Å². The highest BCUT2D eigenvalue weighted by Crippen LogP contribution is 2.39. The fourth-order valence-electron chi connectivity index (χ4n) is 3.43. The highest BCUT2D eigenvalue weighted by molar-refractivity contribution is 7.22. The summed E-state index contributed by atoms with van der Waals surface area (Å²) in [4.78, 5) is 23.6. The third-order valence-corrected chi connectivity index (χ3v) is 6.23. The smallest absolute Gasteiger partial charge is 0.219 e. The van der Waals surface area contributed by atoms with Crippen LogP contribution in [-0.4, -0.2) is 27.3 Å². The summed E-state index contributed by atoms with van der Waals surface area (Å²) in [7, 11) is 0. The van der Waals surface area contributed by atoms with Crippen LogP contribution < -0.4 is 4.74 Å². The molecule has 0 fully saturated rings. The molecule has 164 valence electrons. The fourth-order valence-corrected chi connectivity index (χ4v) is 4.47. The van der Waals surface area contributed by atoms with Crippen molar-refractivity contribution in [3.8, 4) is 22.1 Å². The van der Waals surface area contributed by atoms with Gasteiger partial charge in [0.15, 0.2) is 11.6 Å². The molecule has 0 spiro atoms. The van der Waals surface area contributed by atoms with E-state index in [9.17, 15) is 9.18 Å². The Balaban J connectivity index is 1.59. The molecule has 0 atom stereocenters.